The van der Waals surface area contributed by atoms with Gasteiger partial charge >= 0.3 is 0 Å². The molecule has 2 amide bonds. The van der Waals surface area contributed by atoms with Gasteiger partial charge in [0.1, 0.15) is 0 Å². The SMILES string of the molecule is CN(C(=O)c1ccc(Cl)c(NC(=O)c2cccs2)c1)C1CCNCC1. The van der Waals surface area contributed by atoms with Crippen LogP contribution in [0.25, 0.3) is 0 Å². The van der Waals surface area contributed by atoms with E-state index < -0.39 is 0 Å². The number of benzene rings is 1. The molecular weight excluding hydrogens is 358 g/mol. The summed E-state index contributed by atoms with van der Waals surface area (Å²) in [6.45, 7) is 1.84. The van der Waals surface area contributed by atoms with Crippen molar-refractivity contribution in [3.8, 4) is 0 Å². The summed E-state index contributed by atoms with van der Waals surface area (Å²) < 4.78 is 0. The highest BCUT2D eigenvalue weighted by Gasteiger charge is 2.23. The quantitative estimate of drug-likeness (QED) is 0.857. The molecule has 0 bridgehead atoms. The maximum Gasteiger partial charge on any atom is 0.265 e. The van der Waals surface area contributed by atoms with E-state index in [2.05, 4.69) is 10.6 Å². The van der Waals surface area contributed by atoms with E-state index >= 15 is 0 Å². The Kier molecular flexibility index (Phi) is 5.73. The molecule has 0 spiro atoms. The largest absolute Gasteiger partial charge is 0.339 e. The first-order chi connectivity index (χ1) is 12.1. The molecule has 25 heavy (non-hydrogen) atoms. The van der Waals surface area contributed by atoms with E-state index in [0.717, 1.165) is 25.9 Å². The minimum Gasteiger partial charge on any atom is -0.339 e. The van der Waals surface area contributed by atoms with Gasteiger partial charge in [-0.05, 0) is 55.6 Å². The summed E-state index contributed by atoms with van der Waals surface area (Å²) in [6, 6.07) is 8.78. The van der Waals surface area contributed by atoms with Gasteiger partial charge in [-0.3, -0.25) is 9.59 Å². The van der Waals surface area contributed by atoms with Gasteiger partial charge in [-0.1, -0.05) is 17.7 Å². The number of hydrogen-bond acceptors (Lipinski definition) is 4. The number of carbonyl (C=O) groups excluding carboxylic acids is 2. The van der Waals surface area contributed by atoms with Crippen molar-refractivity contribution in [1.29, 1.82) is 0 Å². The van der Waals surface area contributed by atoms with Crippen molar-refractivity contribution in [3.63, 3.8) is 0 Å². The highest BCUT2D eigenvalue weighted by Crippen LogP contribution is 2.25. The number of thiophene rings is 1. The first-order valence-electron chi connectivity index (χ1n) is 8.18. The van der Waals surface area contributed by atoms with Gasteiger partial charge in [0.05, 0.1) is 15.6 Å². The summed E-state index contributed by atoms with van der Waals surface area (Å²) >= 11 is 7.54. The number of halogens is 1. The summed E-state index contributed by atoms with van der Waals surface area (Å²) in [4.78, 5) is 27.4. The van der Waals surface area contributed by atoms with Gasteiger partial charge in [0.2, 0.25) is 0 Å². The van der Waals surface area contributed by atoms with Crippen molar-refractivity contribution >= 4 is 40.4 Å². The Morgan fingerprint density at radius 3 is 2.72 bits per heavy atom. The molecule has 5 nitrogen and oxygen atoms in total. The predicted octanol–water partition coefficient (Wildman–Crippen LogP) is 3.48. The molecule has 1 fully saturated rings. The second-order valence-corrected chi connectivity index (χ2v) is 7.38. The van der Waals surface area contributed by atoms with Crippen LogP contribution in [-0.2, 0) is 0 Å². The van der Waals surface area contributed by atoms with Gasteiger partial charge in [0.15, 0.2) is 0 Å². The van der Waals surface area contributed by atoms with E-state index in [0.29, 0.717) is 21.2 Å². The molecular formula is C18H20ClN3O2S. The van der Waals surface area contributed by atoms with E-state index in [9.17, 15) is 9.59 Å². The van der Waals surface area contributed by atoms with Crippen LogP contribution < -0.4 is 10.6 Å². The highest BCUT2D eigenvalue weighted by molar-refractivity contribution is 7.12. The smallest absolute Gasteiger partial charge is 0.265 e. The van der Waals surface area contributed by atoms with Crippen LogP contribution in [0.1, 0.15) is 32.9 Å². The Labute approximate surface area is 156 Å². The van der Waals surface area contributed by atoms with Crippen molar-refractivity contribution in [3.05, 3.63) is 51.2 Å². The molecule has 1 saturated heterocycles. The maximum absolute atomic E-state index is 12.8. The first kappa shape index (κ1) is 17.9. The van der Waals surface area contributed by atoms with E-state index in [4.69, 9.17) is 11.6 Å². The monoisotopic (exact) mass is 377 g/mol. The van der Waals surface area contributed by atoms with Gasteiger partial charge < -0.3 is 15.5 Å². The molecule has 2 heterocycles. The lowest BCUT2D eigenvalue weighted by Crippen LogP contribution is -2.43. The third-order valence-electron chi connectivity index (χ3n) is 4.38. The number of rotatable bonds is 4. The number of amides is 2. The molecule has 1 aromatic heterocycles. The van der Waals surface area contributed by atoms with Gasteiger partial charge in [-0.15, -0.1) is 11.3 Å². The summed E-state index contributed by atoms with van der Waals surface area (Å²) in [7, 11) is 1.83. The number of nitrogens with one attached hydrogen (secondary N) is 2. The number of nitrogens with zero attached hydrogens (tertiary/aromatic N) is 1. The summed E-state index contributed by atoms with van der Waals surface area (Å²) in [5.41, 5.74) is 0.969. The van der Waals surface area contributed by atoms with E-state index in [1.807, 2.05) is 18.5 Å². The Balaban J connectivity index is 1.76. The van der Waals surface area contributed by atoms with Gasteiger partial charge in [-0.25, -0.2) is 0 Å². The zero-order valence-electron chi connectivity index (χ0n) is 13.9. The Hall–Kier alpha value is -1.89. The van der Waals surface area contributed by atoms with Gasteiger partial charge in [0, 0.05) is 18.7 Å². The average molecular weight is 378 g/mol. The zero-order chi connectivity index (χ0) is 17.8. The fourth-order valence-corrected chi connectivity index (χ4v) is 3.69. The van der Waals surface area contributed by atoms with E-state index in [1.54, 1.807) is 29.2 Å². The summed E-state index contributed by atoms with van der Waals surface area (Å²) in [5, 5.41) is 8.33. The maximum atomic E-state index is 12.8. The molecule has 0 radical (unpaired) electrons. The Morgan fingerprint density at radius 2 is 2.04 bits per heavy atom. The second kappa shape index (κ2) is 7.99. The molecule has 0 saturated carbocycles. The molecule has 132 valence electrons. The third-order valence-corrected chi connectivity index (χ3v) is 5.58. The number of piperidine rings is 1. The standard InChI is InChI=1S/C18H20ClN3O2S/c1-22(13-6-8-20-9-7-13)18(24)12-4-5-14(19)15(11-12)21-17(23)16-3-2-10-25-16/h2-5,10-11,13,20H,6-9H2,1H3,(H,21,23). The Morgan fingerprint density at radius 1 is 1.28 bits per heavy atom. The van der Waals surface area contributed by atoms with Gasteiger partial charge in [-0.2, -0.15) is 0 Å². The van der Waals surface area contributed by atoms with Crippen LogP contribution in [0, 0.1) is 0 Å². The molecule has 1 aliphatic rings. The zero-order valence-corrected chi connectivity index (χ0v) is 15.5. The lowest BCUT2D eigenvalue weighted by Gasteiger charge is -2.31. The summed E-state index contributed by atoms with van der Waals surface area (Å²) in [5.74, 6) is -0.289. The predicted molar refractivity (Wildman–Crippen MR) is 102 cm³/mol. The third kappa shape index (κ3) is 4.21. The van der Waals surface area contributed by atoms with Crippen molar-refractivity contribution in [2.24, 2.45) is 0 Å². The normalized spacial score (nSPS) is 15.0. The van der Waals surface area contributed by atoms with Crippen molar-refractivity contribution in [2.45, 2.75) is 18.9 Å². The lowest BCUT2D eigenvalue weighted by atomic mass is 10.0. The molecule has 0 unspecified atom stereocenters. The fourth-order valence-electron chi connectivity index (χ4n) is 2.91. The van der Waals surface area contributed by atoms with Crippen molar-refractivity contribution < 1.29 is 9.59 Å². The average Bonchev–Trinajstić information content (AvgIpc) is 3.18. The molecule has 1 aliphatic heterocycles. The molecule has 2 N–H and O–H groups in total. The molecule has 3 rings (SSSR count). The minimum absolute atomic E-state index is 0.0600. The van der Waals surface area contributed by atoms with Crippen molar-refractivity contribution in [2.75, 3.05) is 25.5 Å². The molecule has 0 aliphatic carbocycles. The second-order valence-electron chi connectivity index (χ2n) is 6.02. The lowest BCUT2D eigenvalue weighted by molar-refractivity contribution is 0.0703. The number of hydrogen-bond donors (Lipinski definition) is 2. The van der Waals surface area contributed by atoms with Crippen LogP contribution in [0.15, 0.2) is 35.7 Å². The van der Waals surface area contributed by atoms with Gasteiger partial charge in [0.25, 0.3) is 11.8 Å². The van der Waals surface area contributed by atoms with Crippen LogP contribution in [0.5, 0.6) is 0 Å². The Bertz CT molecular complexity index is 758. The van der Waals surface area contributed by atoms with Crippen LogP contribution in [0.4, 0.5) is 5.69 Å². The van der Waals surface area contributed by atoms with Crippen LogP contribution in [-0.4, -0.2) is 42.9 Å². The molecule has 1 aromatic carbocycles. The topological polar surface area (TPSA) is 61.4 Å². The number of anilines is 1. The van der Waals surface area contributed by atoms with Crippen LogP contribution >= 0.6 is 22.9 Å². The molecule has 2 aromatic rings. The molecule has 7 heteroatoms. The first-order valence-corrected chi connectivity index (χ1v) is 9.44. The van der Waals surface area contributed by atoms with E-state index in [1.165, 1.54) is 11.3 Å². The molecule has 0 atom stereocenters. The summed E-state index contributed by atoms with van der Waals surface area (Å²) in [6.07, 6.45) is 1.88. The van der Waals surface area contributed by atoms with Crippen molar-refractivity contribution in [1.82, 2.24) is 10.2 Å². The van der Waals surface area contributed by atoms with E-state index in [-0.39, 0.29) is 17.9 Å². The fraction of sp³-hybridized carbons (Fsp3) is 0.333. The van der Waals surface area contributed by atoms with Crippen LogP contribution in [0.3, 0.4) is 0 Å². The number of carbonyl (C=O) groups is 2. The van der Waals surface area contributed by atoms with Crippen LogP contribution in [0.2, 0.25) is 5.02 Å². The minimum atomic E-state index is -0.229. The highest BCUT2D eigenvalue weighted by atomic mass is 35.5.